The minimum absolute atomic E-state index is 0.0930. The van der Waals surface area contributed by atoms with Gasteiger partial charge in [-0.05, 0) is 12.1 Å². The number of benzene rings is 1. The molecule has 1 aromatic heterocycles. The Kier molecular flexibility index (Phi) is 2.86. The zero-order valence-electron chi connectivity index (χ0n) is 8.48. The highest BCUT2D eigenvalue weighted by molar-refractivity contribution is 6.02. The number of phenols is 1. The maximum atomic E-state index is 9.62. The average molecular weight is 217 g/mol. The van der Waals surface area contributed by atoms with Gasteiger partial charge in [0.05, 0.1) is 12.9 Å². The third-order valence-corrected chi connectivity index (χ3v) is 2.23. The van der Waals surface area contributed by atoms with Gasteiger partial charge in [-0.15, -0.1) is 0 Å². The molecule has 0 saturated heterocycles. The summed E-state index contributed by atoms with van der Waals surface area (Å²) in [4.78, 5) is 3.89. The highest BCUT2D eigenvalue weighted by Gasteiger charge is 2.09. The lowest BCUT2D eigenvalue weighted by Crippen LogP contribution is -2.10. The Morgan fingerprint density at radius 3 is 2.81 bits per heavy atom. The second kappa shape index (κ2) is 4.48. The maximum absolute atomic E-state index is 9.62. The Bertz CT molecular complexity index is 492. The summed E-state index contributed by atoms with van der Waals surface area (Å²) in [5.74, 6) is 0.0930. The fraction of sp³-hybridized carbons (Fsp3) is 0.0909. The van der Waals surface area contributed by atoms with Crippen molar-refractivity contribution >= 4 is 5.71 Å². The number of para-hydroxylation sites is 1. The summed E-state index contributed by atoms with van der Waals surface area (Å²) in [5.41, 5.74) is 0.898. The molecule has 0 aliphatic rings. The molecule has 0 radical (unpaired) electrons. The molecular weight excluding hydrogens is 206 g/mol. The van der Waals surface area contributed by atoms with Gasteiger partial charge in [0.25, 0.3) is 0 Å². The molecule has 16 heavy (non-hydrogen) atoms. The molecular formula is C11H11N3O2. The van der Waals surface area contributed by atoms with E-state index in [-0.39, 0.29) is 5.75 Å². The largest absolute Gasteiger partial charge is 0.507 e. The van der Waals surface area contributed by atoms with Crippen LogP contribution in [0.1, 0.15) is 5.56 Å². The lowest BCUT2D eigenvalue weighted by Gasteiger charge is -2.07. The fourth-order valence-electron chi connectivity index (χ4n) is 1.44. The number of hydrogen-bond donors (Lipinski definition) is 2. The van der Waals surface area contributed by atoms with Crippen LogP contribution in [0.4, 0.5) is 0 Å². The van der Waals surface area contributed by atoms with Crippen LogP contribution in [-0.2, 0) is 6.54 Å². The molecule has 0 spiro atoms. The van der Waals surface area contributed by atoms with Crippen LogP contribution in [-0.4, -0.2) is 25.6 Å². The molecule has 2 aromatic rings. The molecule has 0 aliphatic heterocycles. The van der Waals surface area contributed by atoms with Crippen LogP contribution in [0.25, 0.3) is 0 Å². The Balaban J connectivity index is 2.28. The van der Waals surface area contributed by atoms with Crippen LogP contribution in [0.2, 0.25) is 0 Å². The summed E-state index contributed by atoms with van der Waals surface area (Å²) in [6, 6.07) is 6.73. The Labute approximate surface area is 92.3 Å². The molecule has 0 fully saturated rings. The third-order valence-electron chi connectivity index (χ3n) is 2.23. The van der Waals surface area contributed by atoms with E-state index in [1.54, 1.807) is 47.6 Å². The number of aromatic nitrogens is 2. The summed E-state index contributed by atoms with van der Waals surface area (Å²) < 4.78 is 1.75. The van der Waals surface area contributed by atoms with Crippen molar-refractivity contribution in [2.75, 3.05) is 0 Å². The van der Waals surface area contributed by atoms with Crippen LogP contribution < -0.4 is 0 Å². The first-order valence-corrected chi connectivity index (χ1v) is 4.76. The predicted molar refractivity (Wildman–Crippen MR) is 58.7 cm³/mol. The minimum atomic E-state index is 0.0930. The highest BCUT2D eigenvalue weighted by Crippen LogP contribution is 2.17. The van der Waals surface area contributed by atoms with Crippen molar-refractivity contribution in [3.05, 3.63) is 48.5 Å². The number of imidazole rings is 1. The van der Waals surface area contributed by atoms with Crippen molar-refractivity contribution in [2.45, 2.75) is 6.54 Å². The molecule has 82 valence electrons. The van der Waals surface area contributed by atoms with Crippen molar-refractivity contribution in [1.29, 1.82) is 0 Å². The molecule has 1 aromatic carbocycles. The van der Waals surface area contributed by atoms with E-state index in [0.717, 1.165) is 0 Å². The second-order valence-electron chi connectivity index (χ2n) is 3.30. The first-order valence-electron chi connectivity index (χ1n) is 4.76. The zero-order valence-corrected chi connectivity index (χ0v) is 8.48. The number of phenolic OH excluding ortho intramolecular Hbond substituents is 1. The molecule has 5 heteroatoms. The van der Waals surface area contributed by atoms with E-state index in [1.165, 1.54) is 0 Å². The van der Waals surface area contributed by atoms with E-state index in [1.807, 2.05) is 0 Å². The standard InChI is InChI=1S/C11H11N3O2/c15-11-4-2-1-3-9(11)10(13-16)7-14-6-5-12-8-14/h1-6,8,15-16H,7H2. The Hall–Kier alpha value is -2.30. The molecule has 5 nitrogen and oxygen atoms in total. The van der Waals surface area contributed by atoms with Gasteiger partial charge >= 0.3 is 0 Å². The number of oxime groups is 1. The van der Waals surface area contributed by atoms with Gasteiger partial charge in [-0.1, -0.05) is 17.3 Å². The molecule has 0 aliphatic carbocycles. The topological polar surface area (TPSA) is 70.6 Å². The van der Waals surface area contributed by atoms with Crippen LogP contribution in [0, 0.1) is 0 Å². The molecule has 0 amide bonds. The van der Waals surface area contributed by atoms with Gasteiger partial charge < -0.3 is 14.9 Å². The number of nitrogens with zero attached hydrogens (tertiary/aromatic N) is 3. The van der Waals surface area contributed by atoms with Crippen molar-refractivity contribution in [3.63, 3.8) is 0 Å². The van der Waals surface area contributed by atoms with Gasteiger partial charge in [-0.2, -0.15) is 0 Å². The molecule has 2 rings (SSSR count). The molecule has 1 heterocycles. The van der Waals surface area contributed by atoms with E-state index in [4.69, 9.17) is 5.21 Å². The zero-order chi connectivity index (χ0) is 11.4. The van der Waals surface area contributed by atoms with E-state index in [2.05, 4.69) is 10.1 Å². The lowest BCUT2D eigenvalue weighted by molar-refractivity contribution is 0.317. The lowest BCUT2D eigenvalue weighted by atomic mass is 10.1. The summed E-state index contributed by atoms with van der Waals surface area (Å²) in [7, 11) is 0. The van der Waals surface area contributed by atoms with Crippen molar-refractivity contribution in [3.8, 4) is 5.75 Å². The van der Waals surface area contributed by atoms with Crippen LogP contribution in [0.5, 0.6) is 5.75 Å². The number of hydrogen-bond acceptors (Lipinski definition) is 4. The van der Waals surface area contributed by atoms with E-state index >= 15 is 0 Å². The van der Waals surface area contributed by atoms with Crippen LogP contribution in [0.15, 0.2) is 48.1 Å². The first-order chi connectivity index (χ1) is 7.81. The Morgan fingerprint density at radius 1 is 1.38 bits per heavy atom. The van der Waals surface area contributed by atoms with Gasteiger partial charge in [0.15, 0.2) is 0 Å². The number of aromatic hydroxyl groups is 1. The summed E-state index contributed by atoms with van der Waals surface area (Å²) in [6.07, 6.45) is 5.01. The van der Waals surface area contributed by atoms with Crippen LogP contribution >= 0.6 is 0 Å². The maximum Gasteiger partial charge on any atom is 0.124 e. The highest BCUT2D eigenvalue weighted by atomic mass is 16.4. The van der Waals surface area contributed by atoms with E-state index < -0.39 is 0 Å². The molecule has 0 saturated carbocycles. The van der Waals surface area contributed by atoms with Gasteiger partial charge in [0.2, 0.25) is 0 Å². The monoisotopic (exact) mass is 217 g/mol. The van der Waals surface area contributed by atoms with Crippen LogP contribution in [0.3, 0.4) is 0 Å². The first kappa shape index (κ1) is 10.2. The summed E-state index contributed by atoms with van der Waals surface area (Å²) in [6.45, 7) is 0.355. The average Bonchev–Trinajstić information content (AvgIpc) is 2.80. The smallest absolute Gasteiger partial charge is 0.124 e. The molecule has 2 N–H and O–H groups in total. The van der Waals surface area contributed by atoms with Crippen molar-refractivity contribution < 1.29 is 10.3 Å². The minimum Gasteiger partial charge on any atom is -0.507 e. The van der Waals surface area contributed by atoms with Crippen molar-refractivity contribution in [2.24, 2.45) is 5.16 Å². The quantitative estimate of drug-likeness (QED) is 0.464. The van der Waals surface area contributed by atoms with E-state index in [0.29, 0.717) is 17.8 Å². The Morgan fingerprint density at radius 2 is 2.19 bits per heavy atom. The van der Waals surface area contributed by atoms with E-state index in [9.17, 15) is 5.11 Å². The summed E-state index contributed by atoms with van der Waals surface area (Å²) >= 11 is 0. The normalized spacial score (nSPS) is 11.6. The van der Waals surface area contributed by atoms with Gasteiger partial charge in [0, 0.05) is 18.0 Å². The van der Waals surface area contributed by atoms with Crippen molar-refractivity contribution in [1.82, 2.24) is 9.55 Å². The van der Waals surface area contributed by atoms with Gasteiger partial charge in [0.1, 0.15) is 11.5 Å². The fourth-order valence-corrected chi connectivity index (χ4v) is 1.44. The molecule has 0 unspecified atom stereocenters. The second-order valence-corrected chi connectivity index (χ2v) is 3.30. The van der Waals surface area contributed by atoms with Gasteiger partial charge in [-0.3, -0.25) is 0 Å². The summed E-state index contributed by atoms with van der Waals surface area (Å²) in [5, 5.41) is 21.8. The predicted octanol–water partition coefficient (Wildman–Crippen LogP) is 1.47. The number of rotatable bonds is 3. The third kappa shape index (κ3) is 2.03. The SMILES string of the molecule is ON=C(Cn1ccnc1)c1ccccc1O. The van der Waals surface area contributed by atoms with Gasteiger partial charge in [-0.25, -0.2) is 4.98 Å². The molecule has 0 bridgehead atoms. The molecule has 0 atom stereocenters.